The molecular formula is C11H14BrNO. The van der Waals surface area contributed by atoms with E-state index in [1.54, 1.807) is 0 Å². The molecule has 14 heavy (non-hydrogen) atoms. The van der Waals surface area contributed by atoms with Crippen LogP contribution in [0, 0.1) is 0 Å². The van der Waals surface area contributed by atoms with Crippen LogP contribution in [0.25, 0.3) is 0 Å². The third-order valence-electron chi connectivity index (χ3n) is 2.39. The van der Waals surface area contributed by atoms with Crippen molar-refractivity contribution < 1.29 is 4.74 Å². The summed E-state index contributed by atoms with van der Waals surface area (Å²) in [4.78, 5) is 0. The van der Waals surface area contributed by atoms with Crippen molar-refractivity contribution in [3.63, 3.8) is 0 Å². The summed E-state index contributed by atoms with van der Waals surface area (Å²) in [5.41, 5.74) is 0.979. The maximum atomic E-state index is 5.97. The Morgan fingerprint density at radius 1 is 1.43 bits per heavy atom. The van der Waals surface area contributed by atoms with E-state index in [4.69, 9.17) is 4.74 Å². The molecule has 0 atom stereocenters. The van der Waals surface area contributed by atoms with Gasteiger partial charge in [0.15, 0.2) is 5.75 Å². The lowest BCUT2D eigenvalue weighted by Gasteiger charge is -2.24. The highest BCUT2D eigenvalue weighted by atomic mass is 79.9. The normalized spacial score (nSPS) is 18.8. The van der Waals surface area contributed by atoms with Crippen molar-refractivity contribution >= 4 is 21.6 Å². The van der Waals surface area contributed by atoms with Crippen molar-refractivity contribution in [1.29, 1.82) is 0 Å². The summed E-state index contributed by atoms with van der Waals surface area (Å²) in [6.07, 6.45) is 1.01. The number of rotatable bonds is 0. The third kappa shape index (κ3) is 1.87. The van der Waals surface area contributed by atoms with Gasteiger partial charge in [-0.2, -0.15) is 0 Å². The van der Waals surface area contributed by atoms with Gasteiger partial charge in [-0.25, -0.2) is 0 Å². The number of benzene rings is 1. The number of nitrogens with one attached hydrogen (secondary N) is 1. The highest BCUT2D eigenvalue weighted by Crippen LogP contribution is 2.38. The summed E-state index contributed by atoms with van der Waals surface area (Å²) in [7, 11) is 0. The molecule has 2 rings (SSSR count). The number of anilines is 1. The zero-order chi connectivity index (χ0) is 10.2. The monoisotopic (exact) mass is 255 g/mol. The molecule has 1 aromatic carbocycles. The lowest BCUT2D eigenvalue weighted by Crippen LogP contribution is -2.28. The van der Waals surface area contributed by atoms with Crippen LogP contribution >= 0.6 is 15.9 Å². The Kier molecular flexibility index (Phi) is 2.43. The quantitative estimate of drug-likeness (QED) is 0.767. The molecule has 0 unspecified atom stereocenters. The van der Waals surface area contributed by atoms with Gasteiger partial charge in [-0.1, -0.05) is 6.07 Å². The number of halogens is 1. The molecule has 0 bridgehead atoms. The molecule has 0 fully saturated rings. The van der Waals surface area contributed by atoms with Crippen LogP contribution in [0.1, 0.15) is 20.3 Å². The van der Waals surface area contributed by atoms with E-state index < -0.39 is 0 Å². The summed E-state index contributed by atoms with van der Waals surface area (Å²) in [5, 5.41) is 3.37. The first kappa shape index (κ1) is 9.84. The second-order valence-electron chi connectivity index (χ2n) is 4.16. The van der Waals surface area contributed by atoms with Crippen molar-refractivity contribution in [2.24, 2.45) is 0 Å². The minimum absolute atomic E-state index is 0.0951. The molecule has 0 saturated heterocycles. The minimum atomic E-state index is -0.0951. The SMILES string of the molecule is CC1(C)CCNc2cccc(Br)c2O1. The van der Waals surface area contributed by atoms with Gasteiger partial charge < -0.3 is 10.1 Å². The molecule has 1 aliphatic heterocycles. The molecule has 0 amide bonds. The highest BCUT2D eigenvalue weighted by Gasteiger charge is 2.25. The van der Waals surface area contributed by atoms with Crippen molar-refractivity contribution in [3.05, 3.63) is 22.7 Å². The molecule has 1 aromatic rings. The Morgan fingerprint density at radius 3 is 3.00 bits per heavy atom. The average Bonchev–Trinajstić information content (AvgIpc) is 2.24. The summed E-state index contributed by atoms with van der Waals surface area (Å²) in [6.45, 7) is 5.18. The van der Waals surface area contributed by atoms with Crippen molar-refractivity contribution in [1.82, 2.24) is 0 Å². The van der Waals surface area contributed by atoms with Crippen LogP contribution in [0.15, 0.2) is 22.7 Å². The molecule has 0 radical (unpaired) electrons. The van der Waals surface area contributed by atoms with Gasteiger partial charge >= 0.3 is 0 Å². The summed E-state index contributed by atoms with van der Waals surface area (Å²) < 4.78 is 6.98. The van der Waals surface area contributed by atoms with Crippen LogP contribution < -0.4 is 10.1 Å². The predicted molar refractivity (Wildman–Crippen MR) is 62.0 cm³/mol. The van der Waals surface area contributed by atoms with E-state index in [0.29, 0.717) is 0 Å². The Labute approximate surface area is 92.8 Å². The van der Waals surface area contributed by atoms with Crippen molar-refractivity contribution in [2.45, 2.75) is 25.9 Å². The van der Waals surface area contributed by atoms with E-state index >= 15 is 0 Å². The van der Waals surface area contributed by atoms with E-state index in [2.05, 4.69) is 35.1 Å². The predicted octanol–water partition coefficient (Wildman–Crippen LogP) is 3.42. The first-order valence-electron chi connectivity index (χ1n) is 4.80. The van der Waals surface area contributed by atoms with E-state index in [1.165, 1.54) is 0 Å². The van der Waals surface area contributed by atoms with E-state index in [0.717, 1.165) is 28.9 Å². The van der Waals surface area contributed by atoms with Gasteiger partial charge in [-0.15, -0.1) is 0 Å². The van der Waals surface area contributed by atoms with E-state index in [9.17, 15) is 0 Å². The Bertz CT molecular complexity index is 349. The van der Waals surface area contributed by atoms with Gasteiger partial charge in [-0.05, 0) is 41.9 Å². The Morgan fingerprint density at radius 2 is 2.21 bits per heavy atom. The second kappa shape index (κ2) is 3.46. The van der Waals surface area contributed by atoms with Gasteiger partial charge in [0, 0.05) is 13.0 Å². The largest absolute Gasteiger partial charge is 0.484 e. The molecule has 76 valence electrons. The van der Waals surface area contributed by atoms with Gasteiger partial charge in [0.2, 0.25) is 0 Å². The first-order valence-corrected chi connectivity index (χ1v) is 5.59. The van der Waals surface area contributed by atoms with Crippen LogP contribution in [0.5, 0.6) is 5.75 Å². The molecule has 1 aliphatic rings. The topological polar surface area (TPSA) is 21.3 Å². The Balaban J connectivity index is 2.43. The zero-order valence-electron chi connectivity index (χ0n) is 8.43. The number of hydrogen-bond donors (Lipinski definition) is 1. The minimum Gasteiger partial charge on any atom is -0.484 e. The fraction of sp³-hybridized carbons (Fsp3) is 0.455. The molecule has 0 aromatic heterocycles. The maximum Gasteiger partial charge on any atom is 0.157 e. The average molecular weight is 256 g/mol. The molecule has 3 heteroatoms. The number of para-hydroxylation sites is 1. The first-order chi connectivity index (χ1) is 6.58. The van der Waals surface area contributed by atoms with Gasteiger partial charge in [0.1, 0.15) is 5.60 Å². The fourth-order valence-electron chi connectivity index (χ4n) is 1.58. The Hall–Kier alpha value is -0.700. The molecule has 0 saturated carbocycles. The molecule has 0 aliphatic carbocycles. The van der Waals surface area contributed by atoms with E-state index in [-0.39, 0.29) is 5.60 Å². The van der Waals surface area contributed by atoms with Crippen LogP contribution in [-0.2, 0) is 0 Å². The lowest BCUT2D eigenvalue weighted by atomic mass is 10.1. The van der Waals surface area contributed by atoms with Crippen LogP contribution in [0.2, 0.25) is 0 Å². The second-order valence-corrected chi connectivity index (χ2v) is 5.01. The summed E-state index contributed by atoms with van der Waals surface area (Å²) in [5.74, 6) is 0.926. The van der Waals surface area contributed by atoms with Gasteiger partial charge in [0.05, 0.1) is 10.2 Å². The van der Waals surface area contributed by atoms with E-state index in [1.807, 2.05) is 18.2 Å². The van der Waals surface area contributed by atoms with Gasteiger partial charge in [-0.3, -0.25) is 0 Å². The van der Waals surface area contributed by atoms with Crippen molar-refractivity contribution in [3.8, 4) is 5.75 Å². The molecule has 0 spiro atoms. The summed E-state index contributed by atoms with van der Waals surface area (Å²) in [6, 6.07) is 6.06. The smallest absolute Gasteiger partial charge is 0.157 e. The lowest BCUT2D eigenvalue weighted by molar-refractivity contribution is 0.107. The molecular weight excluding hydrogens is 242 g/mol. The van der Waals surface area contributed by atoms with Gasteiger partial charge in [0.25, 0.3) is 0 Å². The maximum absolute atomic E-state index is 5.97. The highest BCUT2D eigenvalue weighted by molar-refractivity contribution is 9.10. The fourth-order valence-corrected chi connectivity index (χ4v) is 2.02. The third-order valence-corrected chi connectivity index (χ3v) is 3.01. The molecule has 1 N–H and O–H groups in total. The van der Waals surface area contributed by atoms with Crippen molar-refractivity contribution in [2.75, 3.05) is 11.9 Å². The number of hydrogen-bond acceptors (Lipinski definition) is 2. The van der Waals surface area contributed by atoms with Crippen LogP contribution in [0.3, 0.4) is 0 Å². The standard InChI is InChI=1S/C11H14BrNO/c1-11(2)6-7-13-9-5-3-4-8(12)10(9)14-11/h3-5,13H,6-7H2,1-2H3. The molecule has 2 nitrogen and oxygen atoms in total. The number of fused-ring (bicyclic) bond motifs is 1. The zero-order valence-corrected chi connectivity index (χ0v) is 10.0. The number of ether oxygens (including phenoxy) is 1. The summed E-state index contributed by atoms with van der Waals surface area (Å²) >= 11 is 3.50. The van der Waals surface area contributed by atoms with Crippen LogP contribution in [0.4, 0.5) is 5.69 Å². The van der Waals surface area contributed by atoms with Crippen LogP contribution in [-0.4, -0.2) is 12.1 Å². The molecule has 1 heterocycles.